The first-order valence-electron chi connectivity index (χ1n) is 23.1. The third-order valence-corrected chi connectivity index (χ3v) is 13.0. The number of nitrogens with one attached hydrogen (secondary N) is 3. The van der Waals surface area contributed by atoms with Gasteiger partial charge in [0.05, 0.1) is 36.3 Å². The highest BCUT2D eigenvalue weighted by Gasteiger charge is 2.43. The zero-order valence-corrected chi connectivity index (χ0v) is 40.5. The van der Waals surface area contributed by atoms with Crippen LogP contribution in [0.25, 0.3) is 11.0 Å². The summed E-state index contributed by atoms with van der Waals surface area (Å²) in [5.74, 6) is -2.51. The summed E-state index contributed by atoms with van der Waals surface area (Å²) >= 11 is 3.43. The molecule has 3 aliphatic heterocycles. The summed E-state index contributed by atoms with van der Waals surface area (Å²) in [6, 6.07) is 9.85. The Kier molecular flexibility index (Phi) is 16.9. The van der Waals surface area contributed by atoms with E-state index in [9.17, 15) is 38.4 Å². The van der Waals surface area contributed by atoms with Crippen LogP contribution in [-0.2, 0) is 58.3 Å². The molecule has 19 heteroatoms. The molecule has 362 valence electrons. The zero-order chi connectivity index (χ0) is 48.6. The van der Waals surface area contributed by atoms with Crippen molar-refractivity contribution in [1.29, 1.82) is 0 Å². The summed E-state index contributed by atoms with van der Waals surface area (Å²) < 4.78 is 15.6. The van der Waals surface area contributed by atoms with Crippen molar-refractivity contribution < 1.29 is 43.0 Å². The van der Waals surface area contributed by atoms with Crippen LogP contribution in [0, 0.1) is 0 Å². The number of unbranched alkanes of at least 4 members (excludes halogenated alkanes) is 3. The van der Waals surface area contributed by atoms with Gasteiger partial charge in [0.1, 0.15) is 23.7 Å². The van der Waals surface area contributed by atoms with E-state index in [-0.39, 0.29) is 75.7 Å². The highest BCUT2D eigenvalue weighted by atomic mass is 79.9. The van der Waals surface area contributed by atoms with Gasteiger partial charge in [-0.2, -0.15) is 0 Å². The number of ether oxygens (including phenoxy) is 2. The third kappa shape index (κ3) is 13.2. The highest BCUT2D eigenvalue weighted by molar-refractivity contribution is 9.10. The number of hydrogen-bond acceptors (Lipinski definition) is 10. The van der Waals surface area contributed by atoms with Crippen molar-refractivity contribution in [1.82, 2.24) is 34.9 Å². The van der Waals surface area contributed by atoms with Crippen LogP contribution < -0.4 is 27.4 Å². The fourth-order valence-corrected chi connectivity index (χ4v) is 9.09. The molecule has 1 unspecified atom stereocenters. The van der Waals surface area contributed by atoms with Gasteiger partial charge < -0.3 is 35.6 Å². The Labute approximate surface area is 398 Å². The maximum Gasteiger partial charge on any atom is 0.408 e. The number of carbonyl (C=O) groups is 7. The molecule has 2 fully saturated rings. The van der Waals surface area contributed by atoms with Crippen LogP contribution in [0.5, 0.6) is 0 Å². The van der Waals surface area contributed by atoms with Crippen LogP contribution >= 0.6 is 15.9 Å². The number of aromatic nitrogens is 2. The third-order valence-electron chi connectivity index (χ3n) is 12.4. The Bertz CT molecular complexity index is 2440. The number of fused-ring (bicyclic) bond motifs is 2. The van der Waals surface area contributed by atoms with Gasteiger partial charge in [0.15, 0.2) is 0 Å². The average molecular weight is 992 g/mol. The van der Waals surface area contributed by atoms with E-state index in [0.29, 0.717) is 29.6 Å². The number of nitrogens with two attached hydrogens (primary N) is 1. The van der Waals surface area contributed by atoms with E-state index in [4.69, 9.17) is 15.2 Å². The highest BCUT2D eigenvalue weighted by Crippen LogP contribution is 2.30. The molecule has 2 saturated heterocycles. The summed E-state index contributed by atoms with van der Waals surface area (Å²) in [4.78, 5) is 108. The average Bonchev–Trinajstić information content (AvgIpc) is 3.79. The van der Waals surface area contributed by atoms with Crippen molar-refractivity contribution in [3.63, 3.8) is 0 Å². The number of hydrogen-bond donors (Lipinski definition) is 4. The summed E-state index contributed by atoms with van der Waals surface area (Å²) in [6.07, 6.45) is 5.67. The number of carbonyl (C=O) groups excluding carboxylic acids is 7. The Hall–Kier alpha value is -5.82. The molecular formula is C48H63BrN8O10. The monoisotopic (exact) mass is 990 g/mol. The van der Waals surface area contributed by atoms with Gasteiger partial charge in [0.2, 0.25) is 29.5 Å². The lowest BCUT2D eigenvalue weighted by Crippen LogP contribution is -2.60. The number of primary amides is 1. The fraction of sp³-hybridized carbons (Fsp3) is 0.542. The first-order chi connectivity index (χ1) is 31.8. The SMILES string of the molecule is C[C@@H](OCc1ccc(Br)cc1)[C@H](CCC(N)=O)NC(=O)[C@@H]1CC=C2CCN(C(=O)CCCCCCc3ccc4c(c3)n(C)c(=O)n4C3CCC(=O)NC3=O)C[C@H](NC(=O)OC(C)(C)C)C(=O)N21. The molecular weight excluding hydrogens is 928 g/mol. The minimum Gasteiger partial charge on any atom is -0.444 e. The lowest BCUT2D eigenvalue weighted by atomic mass is 10.0. The first kappa shape index (κ1) is 50.6. The largest absolute Gasteiger partial charge is 0.444 e. The molecule has 7 amide bonds. The van der Waals surface area contributed by atoms with Gasteiger partial charge in [0, 0.05) is 49.4 Å². The normalized spacial score (nSPS) is 19.8. The van der Waals surface area contributed by atoms with Gasteiger partial charge in [-0.1, -0.05) is 53.0 Å². The number of imide groups is 1. The van der Waals surface area contributed by atoms with E-state index in [1.165, 1.54) is 14.0 Å². The molecule has 5 atom stereocenters. The number of amides is 7. The topological polar surface area (TPSA) is 233 Å². The van der Waals surface area contributed by atoms with Crippen LogP contribution in [0.4, 0.5) is 4.79 Å². The van der Waals surface area contributed by atoms with Crippen molar-refractivity contribution in [2.75, 3.05) is 13.1 Å². The van der Waals surface area contributed by atoms with Crippen molar-refractivity contribution >= 4 is 68.5 Å². The van der Waals surface area contributed by atoms with E-state index >= 15 is 0 Å². The number of imidazole rings is 1. The maximum absolute atomic E-state index is 14.5. The predicted octanol–water partition coefficient (Wildman–Crippen LogP) is 4.54. The molecule has 6 rings (SSSR count). The Morgan fingerprint density at radius 2 is 1.66 bits per heavy atom. The van der Waals surface area contributed by atoms with Crippen LogP contribution in [0.15, 0.2) is 63.5 Å². The maximum atomic E-state index is 14.5. The second-order valence-corrected chi connectivity index (χ2v) is 19.5. The molecule has 18 nitrogen and oxygen atoms in total. The molecule has 0 spiro atoms. The minimum absolute atomic E-state index is 0.00672. The second kappa shape index (κ2) is 22.3. The van der Waals surface area contributed by atoms with Crippen LogP contribution in [0.3, 0.4) is 0 Å². The van der Waals surface area contributed by atoms with Crippen molar-refractivity contribution in [3.8, 4) is 0 Å². The quantitative estimate of drug-likeness (QED) is 0.103. The van der Waals surface area contributed by atoms with Gasteiger partial charge in [0.25, 0.3) is 5.91 Å². The summed E-state index contributed by atoms with van der Waals surface area (Å²) in [6.45, 7) is 7.31. The molecule has 4 heterocycles. The smallest absolute Gasteiger partial charge is 0.408 e. The second-order valence-electron chi connectivity index (χ2n) is 18.6. The van der Waals surface area contributed by atoms with E-state index in [1.54, 1.807) is 39.6 Å². The molecule has 5 N–H and O–H groups in total. The van der Waals surface area contributed by atoms with E-state index < -0.39 is 65.6 Å². The van der Waals surface area contributed by atoms with E-state index in [1.807, 2.05) is 48.5 Å². The number of alkyl carbamates (subject to hydrolysis) is 1. The number of piperidine rings is 1. The van der Waals surface area contributed by atoms with Gasteiger partial charge in [-0.3, -0.25) is 43.2 Å². The number of rotatable bonds is 18. The lowest BCUT2D eigenvalue weighted by molar-refractivity contribution is -0.142. The number of benzene rings is 2. The van der Waals surface area contributed by atoms with Crippen molar-refractivity contribution in [2.24, 2.45) is 12.8 Å². The molecule has 67 heavy (non-hydrogen) atoms. The molecule has 2 aromatic carbocycles. The predicted molar refractivity (Wildman–Crippen MR) is 252 cm³/mol. The molecule has 0 saturated carbocycles. The van der Waals surface area contributed by atoms with Gasteiger partial charge in [-0.15, -0.1) is 0 Å². The Balaban J connectivity index is 1.05. The Morgan fingerprint density at radius 3 is 2.36 bits per heavy atom. The Morgan fingerprint density at radius 1 is 0.940 bits per heavy atom. The molecule has 0 bridgehead atoms. The van der Waals surface area contributed by atoms with E-state index in [0.717, 1.165) is 41.3 Å². The van der Waals surface area contributed by atoms with Crippen LogP contribution in [0.1, 0.15) is 115 Å². The molecule has 3 aliphatic rings. The van der Waals surface area contributed by atoms with Gasteiger partial charge in [-0.05, 0) is 102 Å². The molecule has 1 aromatic heterocycles. The molecule has 3 aromatic rings. The first-order valence-corrected chi connectivity index (χ1v) is 23.9. The van der Waals surface area contributed by atoms with Crippen LogP contribution in [0.2, 0.25) is 0 Å². The lowest BCUT2D eigenvalue weighted by Gasteiger charge is -2.37. The minimum atomic E-state index is -1.22. The van der Waals surface area contributed by atoms with Crippen molar-refractivity contribution in [3.05, 3.63) is 80.3 Å². The number of halogens is 1. The standard InChI is InChI=1S/C48H63BrN8O10/c1-29(66-28-31-12-15-32(49)16-13-31)34(18-22-40(50)58)51-43(61)37-20-17-33-24-25-55(27-35(45(63)56(33)37)52-46(64)67-48(2,3)4)42(60)11-9-7-6-8-10-30-14-19-36-39(26-30)54(5)47(65)57(36)38-21-23-41(59)53-44(38)62/h12-17,19,26,29,34-35,37-38H,6-11,18,20-25,27-28H2,1-5H3,(H2,50,58)(H,51,61)(H,52,64)(H,53,59,62)/t29-,34+,35+,37+,38?/m1/s1. The zero-order valence-electron chi connectivity index (χ0n) is 38.9. The summed E-state index contributed by atoms with van der Waals surface area (Å²) in [5.41, 5.74) is 8.16. The summed E-state index contributed by atoms with van der Waals surface area (Å²) in [5, 5.41) is 8.04. The van der Waals surface area contributed by atoms with Gasteiger partial charge in [-0.25, -0.2) is 9.59 Å². The van der Waals surface area contributed by atoms with Crippen molar-refractivity contribution in [2.45, 2.75) is 147 Å². The van der Waals surface area contributed by atoms with Gasteiger partial charge >= 0.3 is 11.8 Å². The van der Waals surface area contributed by atoms with E-state index in [2.05, 4.69) is 31.9 Å². The summed E-state index contributed by atoms with van der Waals surface area (Å²) in [7, 11) is 1.67. The molecule has 0 aliphatic carbocycles. The van der Waals surface area contributed by atoms with Crippen LogP contribution in [-0.4, -0.2) is 103 Å². The fourth-order valence-electron chi connectivity index (χ4n) is 8.82. The molecule has 0 radical (unpaired) electrons. The number of nitrogens with zero attached hydrogens (tertiary/aromatic N) is 4. The number of aryl methyl sites for hydroxylation is 2.